The fourth-order valence-electron chi connectivity index (χ4n) is 3.66. The molecule has 4 aromatic rings. The first-order valence-electron chi connectivity index (χ1n) is 9.81. The predicted octanol–water partition coefficient (Wildman–Crippen LogP) is 3.24. The largest absolute Gasteiger partial charge is 0.508 e. The number of ether oxygens (including phenoxy) is 1. The summed E-state index contributed by atoms with van der Waals surface area (Å²) in [4.78, 5) is 14.5. The molecule has 0 saturated carbocycles. The van der Waals surface area contributed by atoms with Crippen LogP contribution in [0.1, 0.15) is 10.4 Å². The van der Waals surface area contributed by atoms with Gasteiger partial charge in [0.15, 0.2) is 11.5 Å². The molecule has 5 rings (SSSR count). The number of benzene rings is 2. The fraction of sp³-hybridized carbons (Fsp3) is 0.174. The van der Waals surface area contributed by atoms with Gasteiger partial charge in [-0.3, -0.25) is 9.20 Å². The average Bonchev–Trinajstić information content (AvgIpc) is 3.23. The number of nitrogens with zero attached hydrogens (tertiary/aromatic N) is 4. The minimum atomic E-state index is 0.0327. The normalized spacial score (nSPS) is 14.2. The molecule has 2 aromatic carbocycles. The van der Waals surface area contributed by atoms with Gasteiger partial charge in [-0.15, -0.1) is 10.2 Å². The van der Waals surface area contributed by atoms with E-state index in [4.69, 9.17) is 4.74 Å². The maximum Gasteiger partial charge on any atom is 0.254 e. The second-order valence-electron chi connectivity index (χ2n) is 7.20. The number of rotatable bonds is 3. The number of carbonyl (C=O) groups is 1. The molecule has 0 atom stereocenters. The minimum Gasteiger partial charge on any atom is -0.508 e. The highest BCUT2D eigenvalue weighted by atomic mass is 16.5. The standard InChI is InChI=1S/C23H20N4O3/c28-20-3-1-2-18(14-20)22-25-24-21-9-8-19(15-27(21)22)16-4-6-17(7-5-16)23(29)26-10-12-30-13-11-26/h1-9,14-15,28H,10-13H2. The summed E-state index contributed by atoms with van der Waals surface area (Å²) in [5.41, 5.74) is 4.15. The van der Waals surface area contributed by atoms with Crippen LogP contribution < -0.4 is 0 Å². The number of carbonyl (C=O) groups excluding carboxylic acids is 1. The van der Waals surface area contributed by atoms with Gasteiger partial charge in [-0.1, -0.05) is 24.3 Å². The van der Waals surface area contributed by atoms with Crippen molar-refractivity contribution in [2.45, 2.75) is 0 Å². The van der Waals surface area contributed by atoms with E-state index in [1.165, 1.54) is 0 Å². The number of aromatic hydroxyl groups is 1. The first-order valence-corrected chi connectivity index (χ1v) is 9.81. The Hall–Kier alpha value is -3.71. The van der Waals surface area contributed by atoms with Gasteiger partial charge >= 0.3 is 0 Å². The molecule has 2 aromatic heterocycles. The van der Waals surface area contributed by atoms with E-state index in [9.17, 15) is 9.90 Å². The van der Waals surface area contributed by atoms with E-state index < -0.39 is 0 Å². The Kier molecular flexibility index (Phi) is 4.65. The van der Waals surface area contributed by atoms with Crippen LogP contribution in [-0.2, 0) is 4.74 Å². The zero-order chi connectivity index (χ0) is 20.5. The lowest BCUT2D eigenvalue weighted by Gasteiger charge is -2.26. The Bertz CT molecular complexity index is 1210. The topological polar surface area (TPSA) is 80.0 Å². The van der Waals surface area contributed by atoms with Crippen LogP contribution in [0.25, 0.3) is 28.2 Å². The van der Waals surface area contributed by atoms with Gasteiger partial charge in [0.1, 0.15) is 5.75 Å². The molecule has 0 unspecified atom stereocenters. The molecule has 3 heterocycles. The van der Waals surface area contributed by atoms with Gasteiger partial charge in [-0.25, -0.2) is 0 Å². The van der Waals surface area contributed by atoms with Crippen molar-refractivity contribution < 1.29 is 14.6 Å². The molecule has 150 valence electrons. The first-order chi connectivity index (χ1) is 14.7. The molecule has 30 heavy (non-hydrogen) atoms. The van der Waals surface area contributed by atoms with Crippen molar-refractivity contribution in [2.75, 3.05) is 26.3 Å². The van der Waals surface area contributed by atoms with Gasteiger partial charge in [0, 0.05) is 30.4 Å². The van der Waals surface area contributed by atoms with Crippen LogP contribution in [0.15, 0.2) is 66.9 Å². The van der Waals surface area contributed by atoms with Gasteiger partial charge in [0.05, 0.1) is 13.2 Å². The van der Waals surface area contributed by atoms with Gasteiger partial charge < -0.3 is 14.7 Å². The summed E-state index contributed by atoms with van der Waals surface area (Å²) in [6, 6.07) is 18.5. The summed E-state index contributed by atoms with van der Waals surface area (Å²) >= 11 is 0. The number of fused-ring (bicyclic) bond motifs is 1. The smallest absolute Gasteiger partial charge is 0.254 e. The van der Waals surface area contributed by atoms with E-state index in [-0.39, 0.29) is 11.7 Å². The summed E-state index contributed by atoms with van der Waals surface area (Å²) in [7, 11) is 0. The van der Waals surface area contributed by atoms with Crippen LogP contribution in [0, 0.1) is 0 Å². The number of morpholine rings is 1. The SMILES string of the molecule is O=C(c1ccc(-c2ccc3nnc(-c4cccc(O)c4)n3c2)cc1)N1CCOCC1. The van der Waals surface area contributed by atoms with Crippen LogP contribution in [0.4, 0.5) is 0 Å². The maximum atomic E-state index is 12.6. The van der Waals surface area contributed by atoms with E-state index in [1.807, 2.05) is 58.0 Å². The molecular weight excluding hydrogens is 380 g/mol. The Labute approximate surface area is 173 Å². The van der Waals surface area contributed by atoms with Crippen LogP contribution in [0.3, 0.4) is 0 Å². The number of phenolic OH excluding ortho intramolecular Hbond substituents is 1. The zero-order valence-corrected chi connectivity index (χ0v) is 16.2. The van der Waals surface area contributed by atoms with Gasteiger partial charge in [-0.2, -0.15) is 0 Å². The Morgan fingerprint density at radius 2 is 1.67 bits per heavy atom. The van der Waals surface area contributed by atoms with Gasteiger partial charge in [-0.05, 0) is 47.5 Å². The number of phenols is 1. The molecule has 0 spiro atoms. The second kappa shape index (κ2) is 7.61. The highest BCUT2D eigenvalue weighted by Gasteiger charge is 2.18. The van der Waals surface area contributed by atoms with Crippen LogP contribution >= 0.6 is 0 Å². The van der Waals surface area contributed by atoms with Crippen molar-refractivity contribution in [3.8, 4) is 28.3 Å². The van der Waals surface area contributed by atoms with Crippen molar-refractivity contribution in [2.24, 2.45) is 0 Å². The molecule has 1 N–H and O–H groups in total. The maximum absolute atomic E-state index is 12.6. The molecule has 1 fully saturated rings. The highest BCUT2D eigenvalue weighted by Crippen LogP contribution is 2.26. The molecule has 1 saturated heterocycles. The van der Waals surface area contributed by atoms with Crippen LogP contribution in [0.2, 0.25) is 0 Å². The van der Waals surface area contributed by atoms with Crippen molar-refractivity contribution in [3.63, 3.8) is 0 Å². The molecular formula is C23H20N4O3. The molecule has 0 radical (unpaired) electrons. The lowest BCUT2D eigenvalue weighted by Crippen LogP contribution is -2.40. The third-order valence-electron chi connectivity index (χ3n) is 5.27. The second-order valence-corrected chi connectivity index (χ2v) is 7.20. The molecule has 0 aliphatic carbocycles. The van der Waals surface area contributed by atoms with Crippen molar-refractivity contribution in [1.29, 1.82) is 0 Å². The lowest BCUT2D eigenvalue weighted by molar-refractivity contribution is 0.0303. The molecule has 7 heteroatoms. The molecule has 1 aliphatic heterocycles. The zero-order valence-electron chi connectivity index (χ0n) is 16.2. The molecule has 1 aliphatic rings. The number of amides is 1. The monoisotopic (exact) mass is 400 g/mol. The van der Waals surface area contributed by atoms with Crippen LogP contribution in [0.5, 0.6) is 5.75 Å². The highest BCUT2D eigenvalue weighted by molar-refractivity contribution is 5.94. The Morgan fingerprint density at radius 3 is 2.43 bits per heavy atom. The number of hydrogen-bond donors (Lipinski definition) is 1. The van der Waals surface area contributed by atoms with Crippen molar-refractivity contribution in [1.82, 2.24) is 19.5 Å². The van der Waals surface area contributed by atoms with E-state index in [2.05, 4.69) is 10.2 Å². The minimum absolute atomic E-state index is 0.0327. The van der Waals surface area contributed by atoms with E-state index in [0.29, 0.717) is 37.7 Å². The average molecular weight is 400 g/mol. The van der Waals surface area contributed by atoms with Gasteiger partial charge in [0.2, 0.25) is 0 Å². The van der Waals surface area contributed by atoms with E-state index >= 15 is 0 Å². The van der Waals surface area contributed by atoms with E-state index in [0.717, 1.165) is 22.3 Å². The quantitative estimate of drug-likeness (QED) is 0.571. The summed E-state index contributed by atoms with van der Waals surface area (Å²) in [5, 5.41) is 18.3. The molecule has 0 bridgehead atoms. The summed E-state index contributed by atoms with van der Waals surface area (Å²) in [5.74, 6) is 0.869. The first kappa shape index (κ1) is 18.3. The third-order valence-corrected chi connectivity index (χ3v) is 5.27. The number of aromatic nitrogens is 3. The van der Waals surface area contributed by atoms with Crippen LogP contribution in [-0.4, -0.2) is 56.8 Å². The summed E-state index contributed by atoms with van der Waals surface area (Å²) in [6.45, 7) is 2.43. The summed E-state index contributed by atoms with van der Waals surface area (Å²) in [6.07, 6.45) is 1.97. The fourth-order valence-corrected chi connectivity index (χ4v) is 3.66. The molecule has 1 amide bonds. The molecule has 7 nitrogen and oxygen atoms in total. The van der Waals surface area contributed by atoms with E-state index in [1.54, 1.807) is 18.2 Å². The lowest BCUT2D eigenvalue weighted by atomic mass is 10.0. The summed E-state index contributed by atoms with van der Waals surface area (Å²) < 4.78 is 7.22. The number of pyridine rings is 1. The van der Waals surface area contributed by atoms with Crippen molar-refractivity contribution >= 4 is 11.6 Å². The number of hydrogen-bond acceptors (Lipinski definition) is 5. The van der Waals surface area contributed by atoms with Gasteiger partial charge in [0.25, 0.3) is 5.91 Å². The predicted molar refractivity (Wildman–Crippen MR) is 112 cm³/mol. The third kappa shape index (κ3) is 3.40. The Morgan fingerprint density at radius 1 is 0.900 bits per heavy atom. The van der Waals surface area contributed by atoms with Crippen molar-refractivity contribution in [3.05, 3.63) is 72.4 Å². The Balaban J connectivity index is 1.46.